The van der Waals surface area contributed by atoms with Crippen LogP contribution in [0.5, 0.6) is 5.75 Å². The second-order valence-electron chi connectivity index (χ2n) is 2.90. The summed E-state index contributed by atoms with van der Waals surface area (Å²) in [5.74, 6) is 1.38. The van der Waals surface area contributed by atoms with Gasteiger partial charge in [0.1, 0.15) is 11.5 Å². The van der Waals surface area contributed by atoms with Gasteiger partial charge < -0.3 is 15.2 Å². The number of anilines is 1. The molecule has 3 nitrogen and oxygen atoms in total. The molecule has 0 aliphatic heterocycles. The summed E-state index contributed by atoms with van der Waals surface area (Å²) in [7, 11) is 1.60. The molecule has 0 amide bonds. The fourth-order valence-corrected chi connectivity index (χ4v) is 1.29. The van der Waals surface area contributed by atoms with Crippen LogP contribution in [0, 0.1) is 0 Å². The third-order valence-corrected chi connectivity index (χ3v) is 1.96. The quantitative estimate of drug-likeness (QED) is 0.607. The molecular weight excluding hydrogens is 190 g/mol. The zero-order chi connectivity index (χ0) is 11.3. The smallest absolute Gasteiger partial charge is 0.133 e. The van der Waals surface area contributed by atoms with Gasteiger partial charge in [-0.1, -0.05) is 6.58 Å². The Bertz CT molecular complexity index is 383. The molecule has 0 heterocycles. The predicted octanol–water partition coefficient (Wildman–Crippen LogP) is 2.80. The maximum Gasteiger partial charge on any atom is 0.133 e. The Kier molecular flexibility index (Phi) is 3.80. The molecule has 3 heteroatoms. The molecule has 0 unspecified atom stereocenters. The van der Waals surface area contributed by atoms with Gasteiger partial charge in [-0.15, -0.1) is 0 Å². The fourth-order valence-electron chi connectivity index (χ4n) is 1.29. The molecule has 15 heavy (non-hydrogen) atoms. The van der Waals surface area contributed by atoms with E-state index in [1.54, 1.807) is 19.2 Å². The van der Waals surface area contributed by atoms with Gasteiger partial charge in [-0.3, -0.25) is 0 Å². The van der Waals surface area contributed by atoms with Crippen LogP contribution in [0.2, 0.25) is 0 Å². The lowest BCUT2D eigenvalue weighted by molar-refractivity contribution is 0.401. The molecule has 0 aliphatic rings. The molecule has 0 saturated heterocycles. The van der Waals surface area contributed by atoms with Crippen LogP contribution in [0.4, 0.5) is 5.69 Å². The van der Waals surface area contributed by atoms with E-state index in [0.29, 0.717) is 17.2 Å². The zero-order valence-electron chi connectivity index (χ0n) is 8.99. The molecule has 80 valence electrons. The maximum absolute atomic E-state index is 5.66. The van der Waals surface area contributed by atoms with Crippen molar-refractivity contribution >= 4 is 11.4 Å². The summed E-state index contributed by atoms with van der Waals surface area (Å²) < 4.78 is 10.5. The minimum absolute atomic E-state index is 0.657. The minimum Gasteiger partial charge on any atom is -0.496 e. The van der Waals surface area contributed by atoms with E-state index < -0.39 is 0 Å². The molecule has 0 spiro atoms. The Hall–Kier alpha value is -1.90. The largest absolute Gasteiger partial charge is 0.496 e. The van der Waals surface area contributed by atoms with E-state index in [-0.39, 0.29) is 0 Å². The summed E-state index contributed by atoms with van der Waals surface area (Å²) in [5.41, 5.74) is 7.17. The average molecular weight is 205 g/mol. The first-order valence-electron chi connectivity index (χ1n) is 4.60. The van der Waals surface area contributed by atoms with Crippen LogP contribution in [0.15, 0.2) is 37.1 Å². The van der Waals surface area contributed by atoms with Crippen molar-refractivity contribution in [2.75, 3.05) is 12.8 Å². The number of methoxy groups -OCH3 is 1. The van der Waals surface area contributed by atoms with Crippen LogP contribution >= 0.6 is 0 Å². The predicted molar refractivity (Wildman–Crippen MR) is 62.3 cm³/mol. The first kappa shape index (κ1) is 11.2. The van der Waals surface area contributed by atoms with Crippen LogP contribution in [0.3, 0.4) is 0 Å². The van der Waals surface area contributed by atoms with E-state index in [4.69, 9.17) is 15.2 Å². The van der Waals surface area contributed by atoms with Gasteiger partial charge in [-0.2, -0.15) is 0 Å². The Morgan fingerprint density at radius 3 is 2.73 bits per heavy atom. The molecular formula is C12H15NO2. The number of benzene rings is 1. The van der Waals surface area contributed by atoms with Gasteiger partial charge >= 0.3 is 0 Å². The Balaban J connectivity index is 3.17. The molecule has 0 aromatic heterocycles. The first-order chi connectivity index (χ1) is 7.22. The van der Waals surface area contributed by atoms with Gasteiger partial charge in [0.25, 0.3) is 0 Å². The number of ether oxygens (including phenoxy) is 2. The number of rotatable bonds is 4. The van der Waals surface area contributed by atoms with Crippen molar-refractivity contribution in [3.63, 3.8) is 0 Å². The molecule has 0 bridgehead atoms. The van der Waals surface area contributed by atoms with Crippen LogP contribution in [0.25, 0.3) is 5.76 Å². The highest BCUT2D eigenvalue weighted by Crippen LogP contribution is 2.28. The Labute approximate surface area is 89.8 Å². The van der Waals surface area contributed by atoms with Crippen LogP contribution < -0.4 is 10.5 Å². The van der Waals surface area contributed by atoms with Gasteiger partial charge in [0.15, 0.2) is 0 Å². The Morgan fingerprint density at radius 1 is 1.47 bits per heavy atom. The summed E-state index contributed by atoms with van der Waals surface area (Å²) in [4.78, 5) is 0. The second-order valence-corrected chi connectivity index (χ2v) is 2.90. The number of nitrogen functional groups attached to an aromatic ring is 1. The van der Waals surface area contributed by atoms with Crippen molar-refractivity contribution in [2.45, 2.75) is 6.92 Å². The molecule has 0 fully saturated rings. The van der Waals surface area contributed by atoms with Gasteiger partial charge in [0, 0.05) is 11.8 Å². The van der Waals surface area contributed by atoms with Crippen molar-refractivity contribution in [2.24, 2.45) is 0 Å². The molecule has 1 aromatic rings. The van der Waals surface area contributed by atoms with Crippen LogP contribution in [-0.2, 0) is 4.74 Å². The minimum atomic E-state index is 0.657. The maximum atomic E-state index is 5.66. The van der Waals surface area contributed by atoms with E-state index in [1.807, 2.05) is 19.1 Å². The van der Waals surface area contributed by atoms with Crippen molar-refractivity contribution in [3.8, 4) is 5.75 Å². The van der Waals surface area contributed by atoms with Crippen molar-refractivity contribution in [1.29, 1.82) is 0 Å². The third-order valence-electron chi connectivity index (χ3n) is 1.96. The molecule has 2 N–H and O–H groups in total. The topological polar surface area (TPSA) is 44.5 Å². The number of hydrogen-bond donors (Lipinski definition) is 1. The standard InChI is InChI=1S/C12H15NO2/c1-4-11(15-5-2)10-7-6-9(13)8-12(10)14-3/h4-8H,2,13H2,1,3H3/b11-4-. The molecule has 0 saturated carbocycles. The number of hydrogen-bond acceptors (Lipinski definition) is 3. The summed E-state index contributed by atoms with van der Waals surface area (Å²) >= 11 is 0. The summed E-state index contributed by atoms with van der Waals surface area (Å²) in [5, 5.41) is 0. The van der Waals surface area contributed by atoms with Crippen molar-refractivity contribution in [1.82, 2.24) is 0 Å². The zero-order valence-corrected chi connectivity index (χ0v) is 8.99. The van der Waals surface area contributed by atoms with Gasteiger partial charge in [0.2, 0.25) is 0 Å². The van der Waals surface area contributed by atoms with Gasteiger partial charge in [-0.25, -0.2) is 0 Å². The first-order valence-corrected chi connectivity index (χ1v) is 4.60. The lowest BCUT2D eigenvalue weighted by Gasteiger charge is -2.11. The van der Waals surface area contributed by atoms with Crippen LogP contribution in [-0.4, -0.2) is 7.11 Å². The van der Waals surface area contributed by atoms with Crippen molar-refractivity contribution < 1.29 is 9.47 Å². The average Bonchev–Trinajstić information content (AvgIpc) is 2.26. The summed E-state index contributed by atoms with van der Waals surface area (Å²) in [6.07, 6.45) is 3.22. The summed E-state index contributed by atoms with van der Waals surface area (Å²) in [6.45, 7) is 5.40. The monoisotopic (exact) mass is 205 g/mol. The molecule has 0 aliphatic carbocycles. The van der Waals surface area contributed by atoms with Crippen LogP contribution in [0.1, 0.15) is 12.5 Å². The van der Waals surface area contributed by atoms with E-state index in [9.17, 15) is 0 Å². The fraction of sp³-hybridized carbons (Fsp3) is 0.167. The number of allylic oxidation sites excluding steroid dienone is 1. The highest BCUT2D eigenvalue weighted by molar-refractivity contribution is 5.68. The van der Waals surface area contributed by atoms with E-state index in [1.165, 1.54) is 6.26 Å². The van der Waals surface area contributed by atoms with E-state index >= 15 is 0 Å². The lowest BCUT2D eigenvalue weighted by atomic mass is 10.1. The summed E-state index contributed by atoms with van der Waals surface area (Å²) in [6, 6.07) is 5.41. The van der Waals surface area contributed by atoms with Crippen molar-refractivity contribution in [3.05, 3.63) is 42.7 Å². The van der Waals surface area contributed by atoms with Gasteiger partial charge in [0.05, 0.1) is 18.9 Å². The van der Waals surface area contributed by atoms with Gasteiger partial charge in [-0.05, 0) is 25.1 Å². The highest BCUT2D eigenvalue weighted by atomic mass is 16.5. The third kappa shape index (κ3) is 2.53. The highest BCUT2D eigenvalue weighted by Gasteiger charge is 2.08. The molecule has 0 radical (unpaired) electrons. The second kappa shape index (κ2) is 5.10. The normalized spacial score (nSPS) is 10.9. The Morgan fingerprint density at radius 2 is 2.20 bits per heavy atom. The van der Waals surface area contributed by atoms with E-state index in [0.717, 1.165) is 5.56 Å². The van der Waals surface area contributed by atoms with E-state index in [2.05, 4.69) is 6.58 Å². The molecule has 1 rings (SSSR count). The molecule has 1 aromatic carbocycles. The SMILES string of the molecule is C=CO/C(=C\C)c1ccc(N)cc1OC. The molecule has 0 atom stereocenters. The number of nitrogens with two attached hydrogens (primary N) is 1. The lowest BCUT2D eigenvalue weighted by Crippen LogP contribution is -1.95.